The molecular formula is C40H52F4N4O5. The van der Waals surface area contributed by atoms with Crippen molar-refractivity contribution in [1.82, 2.24) is 15.1 Å². The lowest BCUT2D eigenvalue weighted by atomic mass is 9.94. The highest BCUT2D eigenvalue weighted by molar-refractivity contribution is 6.06. The number of hydrogen-bond acceptors (Lipinski definition) is 6. The highest BCUT2D eigenvalue weighted by atomic mass is 19.4. The Bertz CT molecular complexity index is 1580. The number of rotatable bonds is 19. The molecule has 4 amide bonds. The van der Waals surface area contributed by atoms with Crippen molar-refractivity contribution in [3.63, 3.8) is 0 Å². The number of carbonyl (C=O) groups is 4. The third-order valence-corrected chi connectivity index (χ3v) is 10.9. The van der Waals surface area contributed by atoms with Gasteiger partial charge >= 0.3 is 12.3 Å². The van der Waals surface area contributed by atoms with Crippen molar-refractivity contribution in [2.24, 2.45) is 5.92 Å². The minimum Gasteiger partial charge on any atom is -0.427 e. The van der Waals surface area contributed by atoms with E-state index in [0.29, 0.717) is 34.1 Å². The lowest BCUT2D eigenvalue weighted by Crippen LogP contribution is -2.51. The molecule has 1 spiro atoms. The second kappa shape index (κ2) is 18.2. The van der Waals surface area contributed by atoms with Gasteiger partial charge in [0.1, 0.15) is 18.4 Å². The van der Waals surface area contributed by atoms with Crippen molar-refractivity contribution in [1.29, 1.82) is 0 Å². The second-order valence-corrected chi connectivity index (χ2v) is 14.8. The third kappa shape index (κ3) is 10.5. The summed E-state index contributed by atoms with van der Waals surface area (Å²) < 4.78 is 60.3. The van der Waals surface area contributed by atoms with Crippen molar-refractivity contribution in [3.05, 3.63) is 65.0 Å². The summed E-state index contributed by atoms with van der Waals surface area (Å²) >= 11 is 0. The molecule has 2 aromatic rings. The molecule has 2 aromatic carbocycles. The number of imide groups is 1. The fourth-order valence-corrected chi connectivity index (χ4v) is 7.71. The standard InChI is InChI=1S/C40H52F4N4O5/c1-28(40(42,43)44)47(26-30-14-16-32(41)17-15-30)36(50)27-48-37(51)39(53-38(48)52)21-20-31-25-33(18-19-34(31)39)45-22-10-6-4-2-3-5-7-11-23-46-35(49)24-29-12-8-9-13-29/h14-19,25,28-29,45H,2-13,20-24,26-27H2,1H3,(H,46,49)/t28-,39+/m0/s1. The molecule has 9 nitrogen and oxygen atoms in total. The molecule has 0 unspecified atom stereocenters. The maximum atomic E-state index is 13.8. The Balaban J connectivity index is 1.03. The number of amides is 4. The van der Waals surface area contributed by atoms with Gasteiger partial charge in [-0.25, -0.2) is 14.1 Å². The van der Waals surface area contributed by atoms with E-state index in [0.717, 1.165) is 75.5 Å². The molecule has 2 fully saturated rings. The van der Waals surface area contributed by atoms with Crippen molar-refractivity contribution in [3.8, 4) is 0 Å². The molecule has 1 aliphatic heterocycles. The summed E-state index contributed by atoms with van der Waals surface area (Å²) in [7, 11) is 0. The predicted octanol–water partition coefficient (Wildman–Crippen LogP) is 8.15. The van der Waals surface area contributed by atoms with E-state index < -0.39 is 54.6 Å². The summed E-state index contributed by atoms with van der Waals surface area (Å²) in [5, 5.41) is 6.49. The molecule has 0 aromatic heterocycles. The zero-order valence-corrected chi connectivity index (χ0v) is 30.6. The van der Waals surface area contributed by atoms with Gasteiger partial charge in [-0.2, -0.15) is 13.2 Å². The van der Waals surface area contributed by atoms with Gasteiger partial charge in [-0.15, -0.1) is 0 Å². The molecule has 2 N–H and O–H groups in total. The smallest absolute Gasteiger partial charge is 0.418 e. The van der Waals surface area contributed by atoms with E-state index in [-0.39, 0.29) is 17.9 Å². The minimum atomic E-state index is -4.78. The van der Waals surface area contributed by atoms with E-state index in [1.165, 1.54) is 57.1 Å². The molecule has 1 heterocycles. The van der Waals surface area contributed by atoms with Crippen molar-refractivity contribution in [2.75, 3.05) is 25.0 Å². The Hall–Kier alpha value is -4.16. The Morgan fingerprint density at radius 3 is 2.25 bits per heavy atom. The summed E-state index contributed by atoms with van der Waals surface area (Å²) in [6.45, 7) is 0.951. The molecule has 0 bridgehead atoms. The van der Waals surface area contributed by atoms with Gasteiger partial charge in [-0.05, 0) is 80.3 Å². The molecule has 290 valence electrons. The van der Waals surface area contributed by atoms with E-state index in [4.69, 9.17) is 4.74 Å². The Morgan fingerprint density at radius 1 is 0.943 bits per heavy atom. The van der Waals surface area contributed by atoms with Gasteiger partial charge in [0.05, 0.1) is 0 Å². The molecule has 1 saturated carbocycles. The lowest BCUT2D eigenvalue weighted by molar-refractivity contribution is -0.187. The van der Waals surface area contributed by atoms with Crippen molar-refractivity contribution < 1.29 is 41.5 Å². The van der Waals surface area contributed by atoms with Gasteiger partial charge in [-0.3, -0.25) is 14.4 Å². The highest BCUT2D eigenvalue weighted by Gasteiger charge is 2.58. The van der Waals surface area contributed by atoms with E-state index in [1.54, 1.807) is 6.07 Å². The van der Waals surface area contributed by atoms with Crippen molar-refractivity contribution in [2.45, 2.75) is 128 Å². The molecule has 3 aliphatic rings. The number of alkyl halides is 3. The first-order valence-electron chi connectivity index (χ1n) is 19.2. The summed E-state index contributed by atoms with van der Waals surface area (Å²) in [4.78, 5) is 53.1. The van der Waals surface area contributed by atoms with Crippen LogP contribution < -0.4 is 10.6 Å². The maximum Gasteiger partial charge on any atom is 0.418 e. The highest BCUT2D eigenvalue weighted by Crippen LogP contribution is 2.46. The van der Waals surface area contributed by atoms with E-state index in [2.05, 4.69) is 10.6 Å². The van der Waals surface area contributed by atoms with Crippen LogP contribution >= 0.6 is 0 Å². The monoisotopic (exact) mass is 744 g/mol. The van der Waals surface area contributed by atoms with Gasteiger partial charge in [0.25, 0.3) is 5.91 Å². The second-order valence-electron chi connectivity index (χ2n) is 14.8. The molecule has 2 aliphatic carbocycles. The molecule has 5 rings (SSSR count). The van der Waals surface area contributed by atoms with Crippen LogP contribution in [0.25, 0.3) is 0 Å². The van der Waals surface area contributed by atoms with Crippen LogP contribution in [0.1, 0.15) is 114 Å². The van der Waals surface area contributed by atoms with E-state index >= 15 is 0 Å². The molecule has 13 heteroatoms. The summed E-state index contributed by atoms with van der Waals surface area (Å²) in [5.41, 5.74) is 0.825. The number of aryl methyl sites for hydroxylation is 1. The molecule has 2 atom stereocenters. The first-order valence-corrected chi connectivity index (χ1v) is 19.2. The molecule has 1 saturated heterocycles. The first-order chi connectivity index (χ1) is 25.4. The van der Waals surface area contributed by atoms with Gasteiger partial charge in [0.2, 0.25) is 17.4 Å². The SMILES string of the molecule is C[C@H](N(Cc1ccc(F)cc1)C(=O)CN1C(=O)O[C@@]2(CCc3cc(NCCCCCCCCCCNC(=O)CC4CCCC4)ccc32)C1=O)C(F)(F)F. The number of fused-ring (bicyclic) bond motifs is 2. The number of anilines is 1. The zero-order chi connectivity index (χ0) is 38.0. The number of nitrogens with zero attached hydrogens (tertiary/aromatic N) is 2. The van der Waals surface area contributed by atoms with Crippen LogP contribution in [0.2, 0.25) is 0 Å². The quantitative estimate of drug-likeness (QED) is 0.111. The normalized spacial score (nSPS) is 19.1. The fourth-order valence-electron chi connectivity index (χ4n) is 7.71. The summed E-state index contributed by atoms with van der Waals surface area (Å²) in [6.07, 6.45) is 9.28. The first kappa shape index (κ1) is 40.0. The summed E-state index contributed by atoms with van der Waals surface area (Å²) in [5.74, 6) is -1.66. The van der Waals surface area contributed by atoms with Crippen LogP contribution in [-0.2, 0) is 37.7 Å². The number of unbranched alkanes of at least 4 members (excludes halogenated alkanes) is 7. The number of ether oxygens (including phenoxy) is 1. The topological polar surface area (TPSA) is 108 Å². The predicted molar refractivity (Wildman–Crippen MR) is 192 cm³/mol. The van der Waals surface area contributed by atoms with Crippen LogP contribution in [0.15, 0.2) is 42.5 Å². The van der Waals surface area contributed by atoms with Crippen molar-refractivity contribution >= 4 is 29.5 Å². The van der Waals surface area contributed by atoms with Gasteiger partial charge in [-0.1, -0.05) is 69.6 Å². The molecule has 0 radical (unpaired) electrons. The van der Waals surface area contributed by atoms with Crippen LogP contribution in [0, 0.1) is 11.7 Å². The molecular weight excluding hydrogens is 692 g/mol. The number of nitrogens with one attached hydrogen (secondary N) is 2. The Morgan fingerprint density at radius 2 is 1.58 bits per heavy atom. The third-order valence-electron chi connectivity index (χ3n) is 10.9. The number of hydrogen-bond donors (Lipinski definition) is 2. The zero-order valence-electron chi connectivity index (χ0n) is 30.6. The average Bonchev–Trinajstić information content (AvgIpc) is 3.83. The fraction of sp³-hybridized carbons (Fsp3) is 0.600. The summed E-state index contributed by atoms with van der Waals surface area (Å²) in [6, 6.07) is 7.94. The van der Waals surface area contributed by atoms with Gasteiger partial charge < -0.3 is 20.3 Å². The Labute approximate surface area is 309 Å². The Kier molecular flexibility index (Phi) is 13.8. The lowest BCUT2D eigenvalue weighted by Gasteiger charge is -2.31. The van der Waals surface area contributed by atoms with Gasteiger partial charge in [0.15, 0.2) is 0 Å². The molecule has 53 heavy (non-hydrogen) atoms. The largest absolute Gasteiger partial charge is 0.427 e. The van der Waals surface area contributed by atoms with Crippen LogP contribution in [0.5, 0.6) is 0 Å². The van der Waals surface area contributed by atoms with E-state index in [1.807, 2.05) is 12.1 Å². The maximum absolute atomic E-state index is 13.8. The van der Waals surface area contributed by atoms with Crippen LogP contribution in [-0.4, -0.2) is 65.5 Å². The van der Waals surface area contributed by atoms with Crippen LogP contribution in [0.4, 0.5) is 28.0 Å². The number of benzene rings is 2. The van der Waals surface area contributed by atoms with Crippen LogP contribution in [0.3, 0.4) is 0 Å². The minimum absolute atomic E-state index is 0.161. The number of halogens is 4. The number of carbonyl (C=O) groups excluding carboxylic acids is 4. The van der Waals surface area contributed by atoms with E-state index in [9.17, 15) is 36.7 Å². The average molecular weight is 745 g/mol. The van der Waals surface area contributed by atoms with Gasteiger partial charge in [0, 0.05) is 43.7 Å².